The minimum absolute atomic E-state index is 0.0989. The maximum Gasteiger partial charge on any atom is 0.410 e. The minimum Gasteiger partial charge on any atom is -0.450 e. The molecule has 6 rings (SSSR count). The number of ether oxygens (including phenoxy) is 1. The Morgan fingerprint density at radius 1 is 1.13 bits per heavy atom. The van der Waals surface area contributed by atoms with Crippen LogP contribution in [0.5, 0.6) is 0 Å². The quantitative estimate of drug-likeness (QED) is 0.516. The summed E-state index contributed by atoms with van der Waals surface area (Å²) in [4.78, 5) is 33.7. The molecule has 0 saturated carbocycles. The fourth-order valence-electron chi connectivity index (χ4n) is 6.00. The molecule has 3 aromatic rings. The van der Waals surface area contributed by atoms with Crippen LogP contribution in [0, 0.1) is 5.41 Å². The van der Waals surface area contributed by atoms with Gasteiger partial charge in [0.05, 0.1) is 6.61 Å². The van der Waals surface area contributed by atoms with Crippen molar-refractivity contribution in [2.75, 3.05) is 51.2 Å². The molecular weight excluding hydrogens is 494 g/mol. The Labute approximate surface area is 228 Å². The summed E-state index contributed by atoms with van der Waals surface area (Å²) in [7, 11) is 0. The van der Waals surface area contributed by atoms with Gasteiger partial charge in [-0.2, -0.15) is 4.98 Å². The average molecular weight is 530 g/mol. The van der Waals surface area contributed by atoms with Crippen molar-refractivity contribution < 1.29 is 14.3 Å². The van der Waals surface area contributed by atoms with Crippen LogP contribution >= 0.6 is 0 Å². The summed E-state index contributed by atoms with van der Waals surface area (Å²) in [6.07, 6.45) is 7.83. The number of piperidine rings is 1. The predicted octanol–water partition coefficient (Wildman–Crippen LogP) is 3.93. The molecule has 1 unspecified atom stereocenters. The number of fused-ring (bicyclic) bond motifs is 1. The van der Waals surface area contributed by atoms with E-state index in [1.54, 1.807) is 9.42 Å². The second-order valence-corrected chi connectivity index (χ2v) is 10.7. The van der Waals surface area contributed by atoms with Gasteiger partial charge in [-0.15, -0.1) is 5.10 Å². The van der Waals surface area contributed by atoms with Gasteiger partial charge in [0, 0.05) is 61.1 Å². The number of carbonyl (C=O) groups excluding carboxylic acids is 2. The second-order valence-electron chi connectivity index (χ2n) is 10.7. The molecule has 2 fully saturated rings. The molecule has 10 nitrogen and oxygen atoms in total. The molecule has 1 atom stereocenters. The van der Waals surface area contributed by atoms with Gasteiger partial charge in [0.1, 0.15) is 0 Å². The highest BCUT2D eigenvalue weighted by Gasteiger charge is 2.40. The molecule has 204 valence electrons. The number of carbonyl (C=O) groups is 2. The average Bonchev–Trinajstić information content (AvgIpc) is 3.57. The summed E-state index contributed by atoms with van der Waals surface area (Å²) in [5.41, 5.74) is 4.65. The zero-order chi connectivity index (χ0) is 26.8. The van der Waals surface area contributed by atoms with Crippen molar-refractivity contribution in [2.24, 2.45) is 5.41 Å². The van der Waals surface area contributed by atoms with E-state index >= 15 is 0 Å². The highest BCUT2D eigenvalue weighted by atomic mass is 16.6. The van der Waals surface area contributed by atoms with Crippen LogP contribution in [0.1, 0.15) is 48.5 Å². The number of hydrogen-bond acceptors (Lipinski definition) is 7. The van der Waals surface area contributed by atoms with Crippen molar-refractivity contribution >= 4 is 34.9 Å². The normalized spacial score (nSPS) is 21.3. The van der Waals surface area contributed by atoms with Crippen LogP contribution in [0.15, 0.2) is 48.7 Å². The van der Waals surface area contributed by atoms with Gasteiger partial charge in [-0.3, -0.25) is 4.79 Å². The molecule has 1 spiro atoms. The molecule has 2 aromatic heterocycles. The largest absolute Gasteiger partial charge is 0.450 e. The molecular formula is C29H35N7O3. The third-order valence-electron chi connectivity index (χ3n) is 8.12. The lowest BCUT2D eigenvalue weighted by Crippen LogP contribution is -2.42. The highest BCUT2D eigenvalue weighted by Crippen LogP contribution is 2.37. The molecule has 3 aliphatic heterocycles. The van der Waals surface area contributed by atoms with Crippen LogP contribution in [0.4, 0.5) is 16.4 Å². The van der Waals surface area contributed by atoms with Crippen molar-refractivity contribution in [1.29, 1.82) is 0 Å². The molecule has 10 heteroatoms. The molecule has 2 amide bonds. The van der Waals surface area contributed by atoms with Crippen molar-refractivity contribution in [3.8, 4) is 0 Å². The standard InChI is InChI=1S/C29H35N7O3/c1-2-39-28(38)34-16-10-21(11-17-34)24-5-3-15-36-25(24)32-27(33-36)31-23-8-6-22(7-9-23)26(37)35-18-13-29(20-35)12-4-14-30-19-29/h3,5-10,15,30H,2,4,11-14,16-20H2,1H3,(H,31,33). The third-order valence-corrected chi connectivity index (χ3v) is 8.12. The van der Waals surface area contributed by atoms with Crippen LogP contribution < -0.4 is 10.6 Å². The number of nitrogens with one attached hydrogen (secondary N) is 2. The Morgan fingerprint density at radius 3 is 2.74 bits per heavy atom. The summed E-state index contributed by atoms with van der Waals surface area (Å²) in [6.45, 7) is 7.05. The summed E-state index contributed by atoms with van der Waals surface area (Å²) < 4.78 is 6.88. The van der Waals surface area contributed by atoms with Crippen molar-refractivity contribution in [2.45, 2.75) is 32.6 Å². The lowest BCUT2D eigenvalue weighted by molar-refractivity contribution is 0.0764. The number of aromatic nitrogens is 3. The molecule has 1 aromatic carbocycles. The highest BCUT2D eigenvalue weighted by molar-refractivity contribution is 5.95. The number of pyridine rings is 1. The number of benzene rings is 1. The first kappa shape index (κ1) is 25.4. The first-order valence-electron chi connectivity index (χ1n) is 13.9. The summed E-state index contributed by atoms with van der Waals surface area (Å²) in [5, 5.41) is 11.4. The van der Waals surface area contributed by atoms with Gasteiger partial charge in [0.15, 0.2) is 5.65 Å². The molecule has 2 saturated heterocycles. The Bertz CT molecular complexity index is 1390. The Balaban J connectivity index is 1.13. The molecule has 0 radical (unpaired) electrons. The van der Waals surface area contributed by atoms with Gasteiger partial charge >= 0.3 is 6.09 Å². The SMILES string of the molecule is CCOC(=O)N1CC=C(c2cccn3nc(Nc4ccc(C(=O)N5CCC6(CCCNC6)C5)cc4)nc23)CC1. The fraction of sp³-hybridized carbons (Fsp3) is 0.448. The summed E-state index contributed by atoms with van der Waals surface area (Å²) in [6, 6.07) is 11.5. The Hall–Kier alpha value is -3.92. The van der Waals surface area contributed by atoms with Gasteiger partial charge in [0.25, 0.3) is 5.91 Å². The first-order valence-corrected chi connectivity index (χ1v) is 13.9. The van der Waals surface area contributed by atoms with E-state index in [1.165, 1.54) is 12.8 Å². The molecule has 39 heavy (non-hydrogen) atoms. The van der Waals surface area contributed by atoms with E-state index in [-0.39, 0.29) is 17.4 Å². The van der Waals surface area contributed by atoms with E-state index in [1.807, 2.05) is 54.4 Å². The van der Waals surface area contributed by atoms with Gasteiger partial charge in [-0.05, 0) is 81.1 Å². The second kappa shape index (κ2) is 10.7. The van der Waals surface area contributed by atoms with Gasteiger partial charge in [-0.1, -0.05) is 6.08 Å². The lowest BCUT2D eigenvalue weighted by Gasteiger charge is -2.33. The van der Waals surface area contributed by atoms with E-state index < -0.39 is 0 Å². The number of likely N-dealkylation sites (tertiary alicyclic amines) is 1. The molecule has 5 heterocycles. The van der Waals surface area contributed by atoms with E-state index in [0.29, 0.717) is 31.2 Å². The Morgan fingerprint density at radius 2 is 2.00 bits per heavy atom. The smallest absolute Gasteiger partial charge is 0.410 e. The van der Waals surface area contributed by atoms with E-state index in [0.717, 1.165) is 61.5 Å². The number of anilines is 2. The maximum absolute atomic E-state index is 13.2. The third kappa shape index (κ3) is 5.21. The number of nitrogens with zero attached hydrogens (tertiary/aromatic N) is 5. The Kier molecular flexibility index (Phi) is 6.95. The van der Waals surface area contributed by atoms with E-state index in [2.05, 4.69) is 21.8 Å². The first-order chi connectivity index (χ1) is 19.0. The minimum atomic E-state index is -0.279. The van der Waals surface area contributed by atoms with Crippen molar-refractivity contribution in [3.05, 3.63) is 59.8 Å². The molecule has 3 aliphatic rings. The van der Waals surface area contributed by atoms with Crippen LogP contribution in [-0.2, 0) is 4.74 Å². The van der Waals surface area contributed by atoms with Crippen molar-refractivity contribution in [3.63, 3.8) is 0 Å². The lowest BCUT2D eigenvalue weighted by atomic mass is 9.80. The van der Waals surface area contributed by atoms with Crippen LogP contribution in [0.2, 0.25) is 0 Å². The van der Waals surface area contributed by atoms with Crippen LogP contribution in [-0.4, -0.2) is 82.3 Å². The van der Waals surface area contributed by atoms with Crippen molar-refractivity contribution in [1.82, 2.24) is 29.7 Å². The van der Waals surface area contributed by atoms with Crippen LogP contribution in [0.3, 0.4) is 0 Å². The molecule has 0 bridgehead atoms. The predicted molar refractivity (Wildman–Crippen MR) is 149 cm³/mol. The topological polar surface area (TPSA) is 104 Å². The maximum atomic E-state index is 13.2. The number of hydrogen-bond donors (Lipinski definition) is 2. The molecule has 2 N–H and O–H groups in total. The van der Waals surface area contributed by atoms with Gasteiger partial charge in [-0.25, -0.2) is 9.31 Å². The van der Waals surface area contributed by atoms with Gasteiger partial charge in [0.2, 0.25) is 5.95 Å². The van der Waals surface area contributed by atoms with E-state index in [9.17, 15) is 9.59 Å². The van der Waals surface area contributed by atoms with Gasteiger partial charge < -0.3 is 25.2 Å². The number of amides is 2. The molecule has 0 aliphatic carbocycles. The zero-order valence-electron chi connectivity index (χ0n) is 22.4. The number of rotatable bonds is 5. The monoisotopic (exact) mass is 529 g/mol. The van der Waals surface area contributed by atoms with E-state index in [4.69, 9.17) is 9.72 Å². The van der Waals surface area contributed by atoms with Crippen LogP contribution in [0.25, 0.3) is 11.2 Å². The fourth-order valence-corrected chi connectivity index (χ4v) is 6.00. The summed E-state index contributed by atoms with van der Waals surface area (Å²) in [5.74, 6) is 0.583. The summed E-state index contributed by atoms with van der Waals surface area (Å²) >= 11 is 0. The zero-order valence-corrected chi connectivity index (χ0v) is 22.4.